The van der Waals surface area contributed by atoms with E-state index in [1.54, 1.807) is 26.9 Å². The molecule has 4 rings (SSSR count). The van der Waals surface area contributed by atoms with Crippen LogP contribution in [-0.2, 0) is 11.0 Å². The van der Waals surface area contributed by atoms with Crippen molar-refractivity contribution in [2.24, 2.45) is 0 Å². The second kappa shape index (κ2) is 6.93. The molecular formula is C18H15F3N4O2S. The van der Waals surface area contributed by atoms with Crippen molar-refractivity contribution in [2.45, 2.75) is 12.6 Å². The number of hydrogen-bond donors (Lipinski definition) is 1. The van der Waals surface area contributed by atoms with Gasteiger partial charge in [0.1, 0.15) is 5.69 Å². The normalized spacial score (nSPS) is 15.5. The van der Waals surface area contributed by atoms with Gasteiger partial charge in [-0.1, -0.05) is 12.1 Å². The number of imidazole rings is 1. The Morgan fingerprint density at radius 1 is 1.25 bits per heavy atom. The van der Waals surface area contributed by atoms with Gasteiger partial charge in [0, 0.05) is 43.2 Å². The van der Waals surface area contributed by atoms with Crippen LogP contribution >= 0.6 is 11.3 Å². The van der Waals surface area contributed by atoms with Crippen LogP contribution in [0.2, 0.25) is 0 Å². The van der Waals surface area contributed by atoms with E-state index in [-0.39, 0.29) is 18.2 Å². The summed E-state index contributed by atoms with van der Waals surface area (Å²) in [5.41, 5.74) is 0.313. The predicted octanol–water partition coefficient (Wildman–Crippen LogP) is 3.04. The largest absolute Gasteiger partial charge is 0.416 e. The van der Waals surface area contributed by atoms with E-state index in [9.17, 15) is 22.8 Å². The maximum absolute atomic E-state index is 13.0. The number of nitrogens with zero attached hydrogens (tertiary/aromatic N) is 3. The Balaban J connectivity index is 1.66. The molecule has 0 saturated carbocycles. The summed E-state index contributed by atoms with van der Waals surface area (Å²) < 4.78 is 40.5. The van der Waals surface area contributed by atoms with Crippen molar-refractivity contribution in [3.05, 3.63) is 47.1 Å². The number of alkyl halides is 3. The molecule has 0 spiro atoms. The number of fused-ring (bicyclic) bond motifs is 1. The van der Waals surface area contributed by atoms with E-state index in [0.717, 1.165) is 12.1 Å². The van der Waals surface area contributed by atoms with Gasteiger partial charge in [-0.2, -0.15) is 13.2 Å². The fraction of sp³-hybridized carbons (Fsp3) is 0.278. The average Bonchev–Trinajstić information content (AvgIpc) is 3.17. The van der Waals surface area contributed by atoms with Gasteiger partial charge in [-0.05, 0) is 12.1 Å². The van der Waals surface area contributed by atoms with Gasteiger partial charge >= 0.3 is 6.18 Å². The molecule has 2 amide bonds. The number of nitrogens with one attached hydrogen (secondary N) is 1. The van der Waals surface area contributed by atoms with E-state index >= 15 is 0 Å². The Bertz CT molecular complexity index is 1060. The quantitative estimate of drug-likeness (QED) is 0.709. The lowest BCUT2D eigenvalue weighted by atomic mass is 10.1. The Morgan fingerprint density at radius 2 is 2.07 bits per heavy atom. The highest BCUT2D eigenvalue weighted by atomic mass is 32.1. The number of halogens is 3. The van der Waals surface area contributed by atoms with Crippen LogP contribution in [0.5, 0.6) is 0 Å². The number of hydrogen-bond acceptors (Lipinski definition) is 4. The van der Waals surface area contributed by atoms with Crippen LogP contribution < -0.4 is 5.32 Å². The van der Waals surface area contributed by atoms with Gasteiger partial charge in [0.25, 0.3) is 5.91 Å². The minimum Gasteiger partial charge on any atom is -0.354 e. The zero-order valence-electron chi connectivity index (χ0n) is 14.5. The standard InChI is InChI=1S/C18H15F3N4O2S/c19-18(20,21)12-3-1-2-11(8-12)13-9-25-14(10-28-17(25)23-13)16(27)24-6-4-15(26)22-5-7-24/h1-3,8-10H,4-7H2,(H,22,26). The topological polar surface area (TPSA) is 66.7 Å². The van der Waals surface area contributed by atoms with E-state index in [0.29, 0.717) is 41.5 Å². The van der Waals surface area contributed by atoms with Gasteiger partial charge in [0.05, 0.1) is 11.3 Å². The molecule has 2 aromatic heterocycles. The number of carbonyl (C=O) groups is 2. The molecule has 1 fully saturated rings. The molecule has 10 heteroatoms. The van der Waals surface area contributed by atoms with Crippen LogP contribution in [0.15, 0.2) is 35.8 Å². The van der Waals surface area contributed by atoms with Crippen LogP contribution in [0.25, 0.3) is 16.2 Å². The molecule has 0 aliphatic carbocycles. The van der Waals surface area contributed by atoms with Crippen molar-refractivity contribution in [1.29, 1.82) is 0 Å². The van der Waals surface area contributed by atoms with E-state index in [4.69, 9.17) is 0 Å². The lowest BCUT2D eigenvalue weighted by Gasteiger charge is -2.18. The third-order valence-corrected chi connectivity index (χ3v) is 5.35. The summed E-state index contributed by atoms with van der Waals surface area (Å²) in [6.07, 6.45) is -2.64. The summed E-state index contributed by atoms with van der Waals surface area (Å²) in [5, 5.41) is 4.38. The Kier molecular flexibility index (Phi) is 4.58. The average molecular weight is 408 g/mol. The van der Waals surface area contributed by atoms with Crippen LogP contribution in [-0.4, -0.2) is 45.7 Å². The molecule has 0 radical (unpaired) electrons. The number of rotatable bonds is 2. The van der Waals surface area contributed by atoms with Crippen molar-refractivity contribution >= 4 is 28.1 Å². The second-order valence-electron chi connectivity index (χ2n) is 6.37. The van der Waals surface area contributed by atoms with E-state index in [1.165, 1.54) is 17.4 Å². The molecule has 0 atom stereocenters. The van der Waals surface area contributed by atoms with Crippen molar-refractivity contribution in [2.75, 3.05) is 19.6 Å². The Labute approximate surface area is 161 Å². The van der Waals surface area contributed by atoms with Crippen molar-refractivity contribution in [1.82, 2.24) is 19.6 Å². The van der Waals surface area contributed by atoms with Crippen LogP contribution in [0.4, 0.5) is 13.2 Å². The van der Waals surface area contributed by atoms with Crippen molar-refractivity contribution in [3.8, 4) is 11.3 Å². The van der Waals surface area contributed by atoms with Gasteiger partial charge in [-0.25, -0.2) is 4.98 Å². The molecule has 6 nitrogen and oxygen atoms in total. The number of aromatic nitrogens is 2. The molecule has 1 aromatic carbocycles. The van der Waals surface area contributed by atoms with Crippen LogP contribution in [0, 0.1) is 0 Å². The van der Waals surface area contributed by atoms with E-state index in [1.807, 2.05) is 0 Å². The Hall–Kier alpha value is -2.88. The molecule has 3 heterocycles. The maximum Gasteiger partial charge on any atom is 0.416 e. The highest BCUT2D eigenvalue weighted by molar-refractivity contribution is 7.15. The summed E-state index contributed by atoms with van der Waals surface area (Å²) in [5.74, 6) is -0.337. The second-order valence-corrected chi connectivity index (χ2v) is 7.21. The fourth-order valence-electron chi connectivity index (χ4n) is 3.06. The first-order chi connectivity index (χ1) is 13.3. The fourth-order valence-corrected chi connectivity index (χ4v) is 3.91. The smallest absolute Gasteiger partial charge is 0.354 e. The van der Waals surface area contributed by atoms with Gasteiger partial charge in [-0.3, -0.25) is 14.0 Å². The summed E-state index contributed by atoms with van der Waals surface area (Å²) in [7, 11) is 0. The molecule has 146 valence electrons. The van der Waals surface area contributed by atoms with Gasteiger partial charge in [0.2, 0.25) is 5.91 Å². The molecule has 1 N–H and O–H groups in total. The first-order valence-corrected chi connectivity index (χ1v) is 9.41. The van der Waals surface area contributed by atoms with Crippen LogP contribution in [0.1, 0.15) is 22.5 Å². The number of carbonyl (C=O) groups excluding carboxylic acids is 2. The van der Waals surface area contributed by atoms with E-state index in [2.05, 4.69) is 10.3 Å². The predicted molar refractivity (Wildman–Crippen MR) is 97.0 cm³/mol. The number of amides is 2. The molecule has 1 aliphatic rings. The molecular weight excluding hydrogens is 393 g/mol. The molecule has 0 unspecified atom stereocenters. The van der Waals surface area contributed by atoms with Gasteiger partial charge in [0.15, 0.2) is 4.96 Å². The SMILES string of the molecule is O=C1CCN(C(=O)c2csc3nc(-c4cccc(C(F)(F)F)c4)cn23)CCN1. The lowest BCUT2D eigenvalue weighted by molar-refractivity contribution is -0.137. The van der Waals surface area contributed by atoms with Crippen molar-refractivity contribution in [3.63, 3.8) is 0 Å². The number of thiazole rings is 1. The minimum absolute atomic E-state index is 0.0970. The first-order valence-electron chi connectivity index (χ1n) is 8.53. The molecule has 0 bridgehead atoms. The first kappa shape index (κ1) is 18.5. The van der Waals surface area contributed by atoms with Gasteiger partial charge < -0.3 is 10.2 Å². The molecule has 1 aliphatic heterocycles. The van der Waals surface area contributed by atoms with E-state index < -0.39 is 11.7 Å². The Morgan fingerprint density at radius 3 is 2.86 bits per heavy atom. The minimum atomic E-state index is -4.44. The third kappa shape index (κ3) is 3.47. The highest BCUT2D eigenvalue weighted by Gasteiger charge is 2.30. The summed E-state index contributed by atoms with van der Waals surface area (Å²) in [6, 6.07) is 4.93. The zero-order valence-corrected chi connectivity index (χ0v) is 15.3. The lowest BCUT2D eigenvalue weighted by Crippen LogP contribution is -2.34. The summed E-state index contributed by atoms with van der Waals surface area (Å²) in [4.78, 5) is 30.8. The van der Waals surface area contributed by atoms with Crippen molar-refractivity contribution < 1.29 is 22.8 Å². The maximum atomic E-state index is 13.0. The van der Waals surface area contributed by atoms with Gasteiger partial charge in [-0.15, -0.1) is 11.3 Å². The molecule has 28 heavy (non-hydrogen) atoms. The number of benzene rings is 1. The molecule has 1 saturated heterocycles. The van der Waals surface area contributed by atoms with Crippen LogP contribution in [0.3, 0.4) is 0 Å². The zero-order chi connectivity index (χ0) is 19.9. The molecule has 3 aromatic rings. The highest BCUT2D eigenvalue weighted by Crippen LogP contribution is 2.32. The summed E-state index contributed by atoms with van der Waals surface area (Å²) in [6.45, 7) is 1.10. The third-order valence-electron chi connectivity index (χ3n) is 4.51. The summed E-state index contributed by atoms with van der Waals surface area (Å²) >= 11 is 1.24. The monoisotopic (exact) mass is 408 g/mol.